The molecular weight excluding hydrogens is 519 g/mol. The van der Waals surface area contributed by atoms with Gasteiger partial charge in [0.25, 0.3) is 11.5 Å². The lowest BCUT2D eigenvalue weighted by atomic mass is 9.82. The lowest BCUT2D eigenvalue weighted by Crippen LogP contribution is -2.59. The van der Waals surface area contributed by atoms with Crippen molar-refractivity contribution in [3.63, 3.8) is 0 Å². The second kappa shape index (κ2) is 8.69. The Morgan fingerprint density at radius 2 is 1.86 bits per heavy atom. The minimum absolute atomic E-state index is 0.0947. The molecule has 3 aromatic rings. The topological polar surface area (TPSA) is 119 Å². The highest BCUT2D eigenvalue weighted by Crippen LogP contribution is 2.59. The van der Waals surface area contributed by atoms with E-state index in [0.717, 1.165) is 5.56 Å². The first-order valence-corrected chi connectivity index (χ1v) is 12.1. The molecule has 1 aliphatic heterocycles. The van der Waals surface area contributed by atoms with Crippen LogP contribution in [0.4, 0.5) is 5.69 Å². The first-order valence-electron chi connectivity index (χ1n) is 11.3. The number of carbonyl (C=O) groups is 2. The van der Waals surface area contributed by atoms with Crippen LogP contribution < -0.4 is 10.1 Å². The van der Waals surface area contributed by atoms with E-state index in [9.17, 15) is 24.8 Å². The number of hydrogen-bond donors (Lipinski definition) is 2. The molecule has 1 amide bonds. The van der Waals surface area contributed by atoms with Crippen molar-refractivity contribution in [2.75, 3.05) is 0 Å². The molecule has 3 aromatic carbocycles. The van der Waals surface area contributed by atoms with Gasteiger partial charge < -0.3 is 15.2 Å². The summed E-state index contributed by atoms with van der Waals surface area (Å²) >= 11 is 12.0. The van der Waals surface area contributed by atoms with E-state index in [2.05, 4.69) is 5.32 Å². The average molecular weight is 539 g/mol. The summed E-state index contributed by atoms with van der Waals surface area (Å²) < 4.78 is 5.98. The predicted octanol–water partition coefficient (Wildman–Crippen LogP) is 5.48. The zero-order chi connectivity index (χ0) is 26.7. The molecule has 0 saturated heterocycles. The van der Waals surface area contributed by atoms with Crippen molar-refractivity contribution < 1.29 is 24.4 Å². The Balaban J connectivity index is 1.64. The van der Waals surface area contributed by atoms with E-state index in [0.29, 0.717) is 15.6 Å². The maximum Gasteiger partial charge on any atom is 0.280 e. The third kappa shape index (κ3) is 3.63. The number of nitro benzene ring substituents is 1. The van der Waals surface area contributed by atoms with Crippen molar-refractivity contribution in [3.05, 3.63) is 109 Å². The van der Waals surface area contributed by atoms with Crippen molar-refractivity contribution in [2.45, 2.75) is 31.1 Å². The van der Waals surface area contributed by atoms with E-state index < -0.39 is 33.6 Å². The molecule has 37 heavy (non-hydrogen) atoms. The van der Waals surface area contributed by atoms with Crippen LogP contribution in [-0.4, -0.2) is 21.7 Å². The molecule has 8 nitrogen and oxygen atoms in total. The maximum atomic E-state index is 14.0. The van der Waals surface area contributed by atoms with Crippen LogP contribution >= 0.6 is 23.2 Å². The standard InChI is InChI=1S/C27H20Cl2N2O6/c1-14(2)16-8-9-17-22(13-16)37-27(34)18-4-3-5-21(31(35)36)24(18)25(33)26(17,27)30-23(32)11-7-15-6-10-19(28)20(29)12-15/h3-14,34H,1-2H3,(H,30,32)/b11-7+. The number of benzene rings is 3. The molecule has 2 N–H and O–H groups in total. The van der Waals surface area contributed by atoms with E-state index in [4.69, 9.17) is 27.9 Å². The van der Waals surface area contributed by atoms with E-state index in [-0.39, 0.29) is 28.4 Å². The zero-order valence-corrected chi connectivity index (χ0v) is 21.1. The van der Waals surface area contributed by atoms with Crippen molar-refractivity contribution in [1.82, 2.24) is 5.32 Å². The van der Waals surface area contributed by atoms with Gasteiger partial charge in [-0.1, -0.05) is 67.4 Å². The number of ketones is 1. The summed E-state index contributed by atoms with van der Waals surface area (Å²) in [5, 5.41) is 26.9. The smallest absolute Gasteiger partial charge is 0.280 e. The number of nitrogens with one attached hydrogen (secondary N) is 1. The first kappa shape index (κ1) is 25.0. The summed E-state index contributed by atoms with van der Waals surface area (Å²) in [7, 11) is 0. The minimum Gasteiger partial charge on any atom is -0.454 e. The molecule has 0 aromatic heterocycles. The summed E-state index contributed by atoms with van der Waals surface area (Å²) in [6.45, 7) is 3.95. The molecule has 0 radical (unpaired) electrons. The van der Waals surface area contributed by atoms with E-state index >= 15 is 0 Å². The molecule has 1 aliphatic carbocycles. The van der Waals surface area contributed by atoms with Crippen LogP contribution in [0, 0.1) is 10.1 Å². The molecule has 188 valence electrons. The summed E-state index contributed by atoms with van der Waals surface area (Å²) in [5.41, 5.74) is -1.40. The van der Waals surface area contributed by atoms with Crippen LogP contribution in [0.5, 0.6) is 5.75 Å². The molecule has 5 rings (SSSR count). The number of amides is 1. The molecule has 2 atom stereocenters. The molecule has 2 aliphatic rings. The van der Waals surface area contributed by atoms with Crippen molar-refractivity contribution >= 4 is 46.7 Å². The lowest BCUT2D eigenvalue weighted by Gasteiger charge is -2.34. The number of nitrogens with zero attached hydrogens (tertiary/aromatic N) is 1. The van der Waals surface area contributed by atoms with E-state index in [1.54, 1.807) is 36.4 Å². The highest BCUT2D eigenvalue weighted by Gasteiger charge is 2.73. The monoisotopic (exact) mass is 538 g/mol. The number of carbonyl (C=O) groups excluding carboxylic acids is 2. The fourth-order valence-corrected chi connectivity index (χ4v) is 5.17. The number of Topliss-reactive ketones (excluding diaryl/α,β-unsaturated/α-hetero) is 1. The van der Waals surface area contributed by atoms with Gasteiger partial charge in [-0.05, 0) is 41.3 Å². The first-order chi connectivity index (χ1) is 17.5. The minimum atomic E-state index is -2.41. The zero-order valence-electron chi connectivity index (χ0n) is 19.6. The summed E-state index contributed by atoms with van der Waals surface area (Å²) in [4.78, 5) is 38.2. The Morgan fingerprint density at radius 3 is 2.54 bits per heavy atom. The third-order valence-corrected chi connectivity index (χ3v) is 7.43. The largest absolute Gasteiger partial charge is 0.454 e. The number of rotatable bonds is 5. The second-order valence-electron chi connectivity index (χ2n) is 9.19. The van der Waals surface area contributed by atoms with Gasteiger partial charge >= 0.3 is 0 Å². The molecule has 1 heterocycles. The molecule has 0 saturated carbocycles. The summed E-state index contributed by atoms with van der Waals surface area (Å²) in [6.07, 6.45) is 2.63. The maximum absolute atomic E-state index is 14.0. The van der Waals surface area contributed by atoms with Crippen LogP contribution in [-0.2, 0) is 16.1 Å². The van der Waals surface area contributed by atoms with Crippen molar-refractivity contribution in [1.29, 1.82) is 0 Å². The van der Waals surface area contributed by atoms with Gasteiger partial charge in [0.15, 0.2) is 0 Å². The number of nitro groups is 1. The molecule has 0 spiro atoms. The van der Waals surface area contributed by atoms with Gasteiger partial charge in [-0.15, -0.1) is 0 Å². The van der Waals surface area contributed by atoms with Crippen molar-refractivity contribution in [2.24, 2.45) is 0 Å². The summed E-state index contributed by atoms with van der Waals surface area (Å²) in [6, 6.07) is 13.7. The number of hydrogen-bond acceptors (Lipinski definition) is 6. The van der Waals surface area contributed by atoms with Crippen LogP contribution in [0.25, 0.3) is 6.08 Å². The second-order valence-corrected chi connectivity index (χ2v) is 10.0. The van der Waals surface area contributed by atoms with Gasteiger partial charge in [-0.25, -0.2) is 0 Å². The Kier molecular flexibility index (Phi) is 5.86. The number of ether oxygens (including phenoxy) is 1. The number of halogens is 2. The predicted molar refractivity (Wildman–Crippen MR) is 138 cm³/mol. The van der Waals surface area contributed by atoms with Crippen LogP contribution in [0.2, 0.25) is 10.0 Å². The Hall–Kier alpha value is -3.72. The fourth-order valence-electron chi connectivity index (χ4n) is 4.87. The Bertz CT molecular complexity index is 1540. The van der Waals surface area contributed by atoms with Gasteiger partial charge in [0.1, 0.15) is 11.3 Å². The van der Waals surface area contributed by atoms with Gasteiger partial charge in [0, 0.05) is 23.3 Å². The lowest BCUT2D eigenvalue weighted by molar-refractivity contribution is -0.385. The molecule has 2 unspecified atom stereocenters. The third-order valence-electron chi connectivity index (χ3n) is 6.70. The normalized spacial score (nSPS) is 21.5. The van der Waals surface area contributed by atoms with Crippen LogP contribution in [0.15, 0.2) is 60.7 Å². The van der Waals surface area contributed by atoms with Crippen molar-refractivity contribution in [3.8, 4) is 5.75 Å². The highest BCUT2D eigenvalue weighted by atomic mass is 35.5. The highest BCUT2D eigenvalue weighted by molar-refractivity contribution is 6.42. The summed E-state index contributed by atoms with van der Waals surface area (Å²) in [5.74, 6) is -3.67. The Labute approximate surface area is 221 Å². The number of aliphatic hydroxyl groups is 1. The van der Waals surface area contributed by atoms with Crippen LogP contribution in [0.1, 0.15) is 52.4 Å². The van der Waals surface area contributed by atoms with Gasteiger partial charge in [0.2, 0.25) is 17.2 Å². The van der Waals surface area contributed by atoms with Crippen LogP contribution in [0.3, 0.4) is 0 Å². The Morgan fingerprint density at radius 1 is 1.11 bits per heavy atom. The van der Waals surface area contributed by atoms with E-state index in [1.165, 1.54) is 30.4 Å². The van der Waals surface area contributed by atoms with Gasteiger partial charge in [-0.3, -0.25) is 19.7 Å². The molecule has 0 fully saturated rings. The molecule has 10 heteroatoms. The van der Waals surface area contributed by atoms with Gasteiger partial charge in [-0.2, -0.15) is 0 Å². The molecule has 0 bridgehead atoms. The quantitative estimate of drug-likeness (QED) is 0.252. The molecular formula is C27H20Cl2N2O6. The van der Waals surface area contributed by atoms with Gasteiger partial charge in [0.05, 0.1) is 15.0 Å². The van der Waals surface area contributed by atoms with E-state index in [1.807, 2.05) is 13.8 Å². The average Bonchev–Trinajstić information content (AvgIpc) is 3.21. The SMILES string of the molecule is CC(C)c1ccc2c(c1)OC1(O)c3cccc([N+](=O)[O-])c3C(=O)C21NC(=O)/C=C/c1ccc(Cl)c(Cl)c1. The fraction of sp³-hybridized carbons (Fsp3) is 0.185. The number of fused-ring (bicyclic) bond motifs is 5.